The Morgan fingerprint density at radius 2 is 2.00 bits per heavy atom. The van der Waals surface area contributed by atoms with Crippen LogP contribution in [-0.2, 0) is 5.41 Å². The van der Waals surface area contributed by atoms with Gasteiger partial charge in [0.15, 0.2) is 0 Å². The van der Waals surface area contributed by atoms with Crippen molar-refractivity contribution in [1.29, 1.82) is 0 Å². The highest BCUT2D eigenvalue weighted by molar-refractivity contribution is 5.58. The lowest BCUT2D eigenvalue weighted by Crippen LogP contribution is -2.12. The highest BCUT2D eigenvalue weighted by Gasteiger charge is 2.15. The fourth-order valence-corrected chi connectivity index (χ4v) is 1.40. The van der Waals surface area contributed by atoms with Gasteiger partial charge < -0.3 is 15.2 Å². The molecule has 0 aliphatic rings. The Morgan fingerprint density at radius 1 is 1.33 bits per heavy atom. The molecular formula is C12H19NO2. The van der Waals surface area contributed by atoms with Gasteiger partial charge in [0.25, 0.3) is 0 Å². The van der Waals surface area contributed by atoms with Gasteiger partial charge in [-0.1, -0.05) is 26.8 Å². The summed E-state index contributed by atoms with van der Waals surface area (Å²) in [5.74, 6) is 0.747. The van der Waals surface area contributed by atoms with Gasteiger partial charge in [-0.3, -0.25) is 0 Å². The second-order valence-corrected chi connectivity index (χ2v) is 4.50. The summed E-state index contributed by atoms with van der Waals surface area (Å²) in [6.45, 7) is 6.36. The molecule has 1 aromatic rings. The smallest absolute Gasteiger partial charge is 0.142 e. The molecule has 0 aliphatic heterocycles. The lowest BCUT2D eigenvalue weighted by atomic mass is 9.87. The van der Waals surface area contributed by atoms with Crippen molar-refractivity contribution >= 4 is 5.69 Å². The summed E-state index contributed by atoms with van der Waals surface area (Å²) in [7, 11) is 1.62. The van der Waals surface area contributed by atoms with Crippen molar-refractivity contribution in [2.75, 3.05) is 19.2 Å². The predicted octanol–water partition coefficient (Wildman–Crippen LogP) is 2.35. The first-order valence-electron chi connectivity index (χ1n) is 5.02. The first kappa shape index (κ1) is 11.9. The lowest BCUT2D eigenvalue weighted by molar-refractivity contribution is 0.324. The third kappa shape index (κ3) is 2.86. The highest BCUT2D eigenvalue weighted by Crippen LogP contribution is 2.31. The summed E-state index contributed by atoms with van der Waals surface area (Å²) in [4.78, 5) is 0. The van der Waals surface area contributed by atoms with E-state index in [9.17, 15) is 0 Å². The van der Waals surface area contributed by atoms with E-state index in [4.69, 9.17) is 9.84 Å². The van der Waals surface area contributed by atoms with Crippen molar-refractivity contribution in [3.05, 3.63) is 23.8 Å². The molecule has 3 nitrogen and oxygen atoms in total. The van der Waals surface area contributed by atoms with Crippen molar-refractivity contribution in [2.24, 2.45) is 0 Å². The average molecular weight is 209 g/mol. The van der Waals surface area contributed by atoms with E-state index in [-0.39, 0.29) is 12.1 Å². The van der Waals surface area contributed by atoms with Crippen LogP contribution in [0.5, 0.6) is 5.75 Å². The summed E-state index contributed by atoms with van der Waals surface area (Å²) < 4.78 is 5.19. The first-order chi connectivity index (χ1) is 6.99. The van der Waals surface area contributed by atoms with E-state index in [0.717, 1.165) is 11.4 Å². The Morgan fingerprint density at radius 3 is 2.47 bits per heavy atom. The van der Waals surface area contributed by atoms with Gasteiger partial charge in [0.1, 0.15) is 12.5 Å². The Hall–Kier alpha value is -1.22. The third-order valence-corrected chi connectivity index (χ3v) is 2.34. The van der Waals surface area contributed by atoms with Gasteiger partial charge in [-0.15, -0.1) is 0 Å². The van der Waals surface area contributed by atoms with Crippen LogP contribution >= 0.6 is 0 Å². The number of aliphatic hydroxyl groups excluding tert-OH is 1. The summed E-state index contributed by atoms with van der Waals surface area (Å²) in [5, 5.41) is 11.7. The molecule has 2 N–H and O–H groups in total. The van der Waals surface area contributed by atoms with Gasteiger partial charge in [0.2, 0.25) is 0 Å². The molecule has 0 fully saturated rings. The lowest BCUT2D eigenvalue weighted by Gasteiger charge is -2.21. The van der Waals surface area contributed by atoms with Crippen LogP contribution in [0.1, 0.15) is 26.3 Å². The minimum atomic E-state index is -0.0933. The number of nitrogens with one attached hydrogen (secondary N) is 1. The molecular weight excluding hydrogens is 190 g/mol. The first-order valence-corrected chi connectivity index (χ1v) is 5.02. The maximum atomic E-state index is 8.87. The molecule has 84 valence electrons. The minimum absolute atomic E-state index is 0.0933. The molecule has 15 heavy (non-hydrogen) atoms. The second kappa shape index (κ2) is 4.53. The van der Waals surface area contributed by atoms with Gasteiger partial charge in [-0.25, -0.2) is 0 Å². The molecule has 0 radical (unpaired) electrons. The van der Waals surface area contributed by atoms with E-state index >= 15 is 0 Å². The zero-order valence-electron chi connectivity index (χ0n) is 9.79. The zero-order chi connectivity index (χ0) is 11.5. The zero-order valence-corrected chi connectivity index (χ0v) is 9.79. The Kier molecular flexibility index (Phi) is 3.58. The molecule has 0 saturated carbocycles. The fraction of sp³-hybridized carbons (Fsp3) is 0.500. The van der Waals surface area contributed by atoms with Crippen molar-refractivity contribution in [1.82, 2.24) is 0 Å². The molecule has 0 aliphatic carbocycles. The molecule has 0 bridgehead atoms. The fourth-order valence-electron chi connectivity index (χ4n) is 1.40. The van der Waals surface area contributed by atoms with E-state index in [1.54, 1.807) is 7.11 Å². The monoisotopic (exact) mass is 209 g/mol. The molecule has 0 aromatic heterocycles. The maximum absolute atomic E-state index is 8.87. The number of hydrogen-bond donors (Lipinski definition) is 2. The molecule has 0 atom stereocenters. The van der Waals surface area contributed by atoms with Crippen LogP contribution in [0.25, 0.3) is 0 Å². The van der Waals surface area contributed by atoms with Crippen molar-refractivity contribution in [3.63, 3.8) is 0 Å². The Labute approximate surface area is 91.1 Å². The molecule has 0 unspecified atom stereocenters. The summed E-state index contributed by atoms with van der Waals surface area (Å²) in [6, 6.07) is 5.97. The Bertz CT molecular complexity index is 329. The van der Waals surface area contributed by atoms with Crippen molar-refractivity contribution in [3.8, 4) is 5.75 Å². The van der Waals surface area contributed by atoms with Gasteiger partial charge >= 0.3 is 0 Å². The van der Waals surface area contributed by atoms with Crippen LogP contribution < -0.4 is 10.1 Å². The SMILES string of the molecule is COc1ccc(C(C)(C)C)cc1NCO. The topological polar surface area (TPSA) is 41.5 Å². The second-order valence-electron chi connectivity index (χ2n) is 4.50. The molecule has 0 spiro atoms. The summed E-state index contributed by atoms with van der Waals surface area (Å²) >= 11 is 0. The van der Waals surface area contributed by atoms with Crippen molar-refractivity contribution in [2.45, 2.75) is 26.2 Å². The minimum Gasteiger partial charge on any atom is -0.495 e. The normalized spacial score (nSPS) is 11.3. The van der Waals surface area contributed by atoms with Crippen molar-refractivity contribution < 1.29 is 9.84 Å². The predicted molar refractivity (Wildman–Crippen MR) is 62.4 cm³/mol. The van der Waals surface area contributed by atoms with Crippen LogP contribution in [0.4, 0.5) is 5.69 Å². The number of hydrogen-bond acceptors (Lipinski definition) is 3. The van der Waals surface area contributed by atoms with Crippen LogP contribution in [0, 0.1) is 0 Å². The maximum Gasteiger partial charge on any atom is 0.142 e. The van der Waals surface area contributed by atoms with Gasteiger partial charge in [-0.2, -0.15) is 0 Å². The van der Waals surface area contributed by atoms with Crippen LogP contribution in [-0.4, -0.2) is 18.9 Å². The summed E-state index contributed by atoms with van der Waals surface area (Å²) in [5.41, 5.74) is 2.13. The number of benzene rings is 1. The number of methoxy groups -OCH3 is 1. The average Bonchev–Trinajstić information content (AvgIpc) is 2.17. The molecule has 0 amide bonds. The van der Waals surface area contributed by atoms with Gasteiger partial charge in [0.05, 0.1) is 12.8 Å². The van der Waals surface area contributed by atoms with Crippen LogP contribution in [0.3, 0.4) is 0 Å². The van der Waals surface area contributed by atoms with E-state index < -0.39 is 0 Å². The van der Waals surface area contributed by atoms with E-state index in [1.165, 1.54) is 5.56 Å². The molecule has 0 heterocycles. The number of rotatable bonds is 3. The highest BCUT2D eigenvalue weighted by atomic mass is 16.5. The molecule has 1 aromatic carbocycles. The van der Waals surface area contributed by atoms with Crippen LogP contribution in [0.15, 0.2) is 18.2 Å². The number of anilines is 1. The molecule has 0 saturated heterocycles. The standard InChI is InChI=1S/C12H19NO2/c1-12(2,3)9-5-6-11(15-4)10(7-9)13-8-14/h5-7,13-14H,8H2,1-4H3. The molecule has 3 heteroatoms. The van der Waals surface area contributed by atoms with E-state index in [0.29, 0.717) is 0 Å². The Balaban J connectivity index is 3.10. The quantitative estimate of drug-likeness (QED) is 0.751. The third-order valence-electron chi connectivity index (χ3n) is 2.34. The molecule has 1 rings (SSSR count). The van der Waals surface area contributed by atoms with Gasteiger partial charge in [-0.05, 0) is 23.1 Å². The van der Waals surface area contributed by atoms with Gasteiger partial charge in [0, 0.05) is 0 Å². The van der Waals surface area contributed by atoms with E-state index in [2.05, 4.69) is 26.1 Å². The summed E-state index contributed by atoms with van der Waals surface area (Å²) in [6.07, 6.45) is 0. The number of ether oxygens (including phenoxy) is 1. The number of aliphatic hydroxyl groups is 1. The van der Waals surface area contributed by atoms with E-state index in [1.807, 2.05) is 18.2 Å². The van der Waals surface area contributed by atoms with Crippen LogP contribution in [0.2, 0.25) is 0 Å². The largest absolute Gasteiger partial charge is 0.495 e.